The molecule has 1 amide bonds. The van der Waals surface area contributed by atoms with E-state index in [4.69, 9.17) is 4.42 Å². The minimum atomic E-state index is 0.113. The fourth-order valence-corrected chi connectivity index (χ4v) is 2.30. The largest absolute Gasteiger partial charge is 0.468 e. The molecule has 0 aliphatic carbocycles. The molecule has 0 bridgehead atoms. The van der Waals surface area contributed by atoms with E-state index in [0.717, 1.165) is 16.5 Å². The molecule has 0 radical (unpaired) electrons. The summed E-state index contributed by atoms with van der Waals surface area (Å²) in [5.41, 5.74) is 1.22. The highest BCUT2D eigenvalue weighted by atomic mass is 16.3. The number of rotatable bonds is 1. The van der Waals surface area contributed by atoms with Crippen molar-refractivity contribution >= 4 is 16.7 Å². The quantitative estimate of drug-likeness (QED) is 0.793. The molecule has 1 saturated heterocycles. The maximum atomic E-state index is 11.2. The molecule has 1 N–H and O–H groups in total. The lowest BCUT2D eigenvalue weighted by Crippen LogP contribution is -2.13. The van der Waals surface area contributed by atoms with E-state index < -0.39 is 0 Å². The molecular weight excluding hydrogens is 202 g/mol. The number of hydrogen-bond acceptors (Lipinski definition) is 2. The molecule has 2 aromatic rings. The molecule has 3 rings (SSSR count). The van der Waals surface area contributed by atoms with Crippen molar-refractivity contribution in [1.29, 1.82) is 0 Å². The van der Waals surface area contributed by atoms with Crippen molar-refractivity contribution in [2.24, 2.45) is 0 Å². The Morgan fingerprint density at radius 1 is 1.44 bits per heavy atom. The van der Waals surface area contributed by atoms with Crippen molar-refractivity contribution in [3.8, 4) is 0 Å². The SMILES string of the molecule is Cc1ccc2c(C3CNC(=O)C3)occ2c1. The Hall–Kier alpha value is -1.77. The van der Waals surface area contributed by atoms with Crippen molar-refractivity contribution < 1.29 is 9.21 Å². The summed E-state index contributed by atoms with van der Waals surface area (Å²) in [5.74, 6) is 1.24. The first-order valence-corrected chi connectivity index (χ1v) is 5.48. The minimum Gasteiger partial charge on any atom is -0.468 e. The molecule has 1 aromatic carbocycles. The molecule has 1 aliphatic rings. The van der Waals surface area contributed by atoms with Gasteiger partial charge in [0.25, 0.3) is 0 Å². The second-order valence-electron chi connectivity index (χ2n) is 4.40. The Bertz CT molecular complexity index is 556. The molecule has 3 heteroatoms. The van der Waals surface area contributed by atoms with Crippen molar-refractivity contribution in [2.45, 2.75) is 19.3 Å². The smallest absolute Gasteiger partial charge is 0.220 e. The van der Waals surface area contributed by atoms with E-state index in [1.165, 1.54) is 5.56 Å². The van der Waals surface area contributed by atoms with E-state index in [1.54, 1.807) is 6.26 Å². The van der Waals surface area contributed by atoms with Gasteiger partial charge in [0.15, 0.2) is 0 Å². The maximum Gasteiger partial charge on any atom is 0.220 e. The lowest BCUT2D eigenvalue weighted by Gasteiger charge is -2.03. The van der Waals surface area contributed by atoms with Crippen molar-refractivity contribution in [1.82, 2.24) is 5.32 Å². The Labute approximate surface area is 93.4 Å². The molecule has 0 saturated carbocycles. The Morgan fingerprint density at radius 3 is 3.06 bits per heavy atom. The number of fused-ring (bicyclic) bond motifs is 1. The number of nitrogens with one attached hydrogen (secondary N) is 1. The molecule has 1 aliphatic heterocycles. The van der Waals surface area contributed by atoms with Crippen LogP contribution < -0.4 is 5.32 Å². The Kier molecular flexibility index (Phi) is 1.99. The summed E-state index contributed by atoms with van der Waals surface area (Å²) in [6, 6.07) is 6.25. The topological polar surface area (TPSA) is 42.2 Å². The van der Waals surface area contributed by atoms with Crippen LogP contribution in [0.25, 0.3) is 10.8 Å². The highest BCUT2D eigenvalue weighted by Crippen LogP contribution is 2.31. The van der Waals surface area contributed by atoms with Crippen LogP contribution in [-0.4, -0.2) is 12.5 Å². The molecule has 82 valence electrons. The van der Waals surface area contributed by atoms with Crippen molar-refractivity contribution in [3.63, 3.8) is 0 Å². The predicted molar refractivity (Wildman–Crippen MR) is 61.3 cm³/mol. The van der Waals surface area contributed by atoms with Gasteiger partial charge in [0.2, 0.25) is 5.91 Å². The van der Waals surface area contributed by atoms with Gasteiger partial charge in [-0.2, -0.15) is 0 Å². The van der Waals surface area contributed by atoms with Crippen LogP contribution in [0.2, 0.25) is 0 Å². The summed E-state index contributed by atoms with van der Waals surface area (Å²) in [6.45, 7) is 2.75. The first-order valence-electron chi connectivity index (χ1n) is 5.48. The van der Waals surface area contributed by atoms with E-state index >= 15 is 0 Å². The fourth-order valence-electron chi connectivity index (χ4n) is 2.30. The molecule has 1 atom stereocenters. The van der Waals surface area contributed by atoms with Crippen LogP contribution in [0.3, 0.4) is 0 Å². The summed E-state index contributed by atoms with van der Waals surface area (Å²) in [5, 5.41) is 5.09. The van der Waals surface area contributed by atoms with Gasteiger partial charge in [-0.25, -0.2) is 0 Å². The number of carbonyl (C=O) groups excluding carboxylic acids is 1. The predicted octanol–water partition coefficient (Wildman–Crippen LogP) is 2.34. The summed E-state index contributed by atoms with van der Waals surface area (Å²) in [4.78, 5) is 11.2. The molecule has 2 heterocycles. The zero-order valence-corrected chi connectivity index (χ0v) is 9.12. The number of hydrogen-bond donors (Lipinski definition) is 1. The van der Waals surface area contributed by atoms with E-state index in [1.807, 2.05) is 0 Å². The van der Waals surface area contributed by atoms with Gasteiger partial charge in [-0.15, -0.1) is 0 Å². The third-order valence-electron chi connectivity index (χ3n) is 3.13. The van der Waals surface area contributed by atoms with Gasteiger partial charge >= 0.3 is 0 Å². The average Bonchev–Trinajstić information content (AvgIpc) is 2.83. The van der Waals surface area contributed by atoms with Gasteiger partial charge < -0.3 is 9.73 Å². The number of furan rings is 1. The van der Waals surface area contributed by atoms with E-state index in [-0.39, 0.29) is 11.8 Å². The highest BCUT2D eigenvalue weighted by Gasteiger charge is 2.27. The standard InChI is InChI=1S/C13H13NO2/c1-8-2-3-11-10(4-8)7-16-13(11)9-5-12(15)14-6-9/h2-4,7,9H,5-6H2,1H3,(H,14,15). The van der Waals surface area contributed by atoms with Crippen LogP contribution in [0.4, 0.5) is 0 Å². The second kappa shape index (κ2) is 3.37. The van der Waals surface area contributed by atoms with Crippen LogP contribution in [0.1, 0.15) is 23.7 Å². The average molecular weight is 215 g/mol. The minimum absolute atomic E-state index is 0.113. The molecule has 0 spiro atoms. The maximum absolute atomic E-state index is 11.2. The first kappa shape index (κ1) is 9.46. The van der Waals surface area contributed by atoms with E-state index in [2.05, 4.69) is 30.4 Å². The van der Waals surface area contributed by atoms with Crippen LogP contribution in [0, 0.1) is 6.92 Å². The number of benzene rings is 1. The monoisotopic (exact) mass is 215 g/mol. The van der Waals surface area contributed by atoms with Gasteiger partial charge in [-0.1, -0.05) is 17.7 Å². The third kappa shape index (κ3) is 1.40. The normalized spacial score (nSPS) is 20.3. The van der Waals surface area contributed by atoms with Gasteiger partial charge in [0.1, 0.15) is 5.76 Å². The zero-order valence-electron chi connectivity index (χ0n) is 9.12. The second-order valence-corrected chi connectivity index (χ2v) is 4.40. The van der Waals surface area contributed by atoms with Gasteiger partial charge in [0.05, 0.1) is 6.26 Å². The third-order valence-corrected chi connectivity index (χ3v) is 3.13. The summed E-state index contributed by atoms with van der Waals surface area (Å²) >= 11 is 0. The number of carbonyl (C=O) groups is 1. The first-order chi connectivity index (χ1) is 7.74. The van der Waals surface area contributed by atoms with E-state index in [9.17, 15) is 4.79 Å². The van der Waals surface area contributed by atoms with Crippen LogP contribution in [0.15, 0.2) is 28.9 Å². The van der Waals surface area contributed by atoms with Crippen molar-refractivity contribution in [2.75, 3.05) is 6.54 Å². The Balaban J connectivity index is 2.07. The lowest BCUT2D eigenvalue weighted by atomic mass is 10.0. The van der Waals surface area contributed by atoms with Gasteiger partial charge in [0, 0.05) is 29.7 Å². The Morgan fingerprint density at radius 2 is 2.31 bits per heavy atom. The lowest BCUT2D eigenvalue weighted by molar-refractivity contribution is -0.119. The molecule has 1 fully saturated rings. The van der Waals surface area contributed by atoms with Crippen LogP contribution in [0.5, 0.6) is 0 Å². The highest BCUT2D eigenvalue weighted by molar-refractivity contribution is 5.87. The van der Waals surface area contributed by atoms with Crippen LogP contribution >= 0.6 is 0 Å². The van der Waals surface area contributed by atoms with E-state index in [0.29, 0.717) is 13.0 Å². The number of amides is 1. The molecule has 3 nitrogen and oxygen atoms in total. The summed E-state index contributed by atoms with van der Waals surface area (Å²) in [7, 11) is 0. The molecule has 1 aromatic heterocycles. The fraction of sp³-hybridized carbons (Fsp3) is 0.308. The summed E-state index contributed by atoms with van der Waals surface area (Å²) < 4.78 is 5.61. The number of aryl methyl sites for hydroxylation is 1. The molecule has 16 heavy (non-hydrogen) atoms. The van der Waals surface area contributed by atoms with Crippen LogP contribution in [-0.2, 0) is 4.79 Å². The van der Waals surface area contributed by atoms with Gasteiger partial charge in [-0.3, -0.25) is 4.79 Å². The zero-order chi connectivity index (χ0) is 11.1. The molecular formula is C13H13NO2. The van der Waals surface area contributed by atoms with Crippen molar-refractivity contribution in [3.05, 3.63) is 35.8 Å². The van der Waals surface area contributed by atoms with Gasteiger partial charge in [-0.05, 0) is 13.0 Å². The summed E-state index contributed by atoms with van der Waals surface area (Å²) in [6.07, 6.45) is 2.32. The molecule has 1 unspecified atom stereocenters.